The molecule has 4 nitrogen and oxygen atoms in total. The lowest BCUT2D eigenvalue weighted by molar-refractivity contribution is -0.138. The van der Waals surface area contributed by atoms with E-state index in [9.17, 15) is 9.59 Å². The maximum atomic E-state index is 11.9. The van der Waals surface area contributed by atoms with Crippen molar-refractivity contribution in [2.24, 2.45) is 0 Å². The first-order valence-electron chi connectivity index (χ1n) is 7.21. The lowest BCUT2D eigenvalue weighted by atomic mass is 10.0. The molecule has 2 N–H and O–H groups in total. The maximum Gasteiger partial charge on any atom is 0.310 e. The number of hydrogen-bond acceptors (Lipinski definition) is 3. The van der Waals surface area contributed by atoms with Gasteiger partial charge in [0.05, 0.1) is 5.92 Å². The van der Waals surface area contributed by atoms with E-state index in [2.05, 4.69) is 11.4 Å². The highest BCUT2D eigenvalue weighted by Gasteiger charge is 2.13. The number of carboxylic acids is 1. The molecule has 0 fully saturated rings. The minimum atomic E-state index is -0.856. The van der Waals surface area contributed by atoms with Gasteiger partial charge in [0.2, 0.25) is 5.91 Å². The minimum absolute atomic E-state index is 0.0180. The Kier molecular flexibility index (Phi) is 5.72. The summed E-state index contributed by atoms with van der Waals surface area (Å²) in [7, 11) is 0. The Morgan fingerprint density at radius 3 is 2.55 bits per heavy atom. The fourth-order valence-electron chi connectivity index (χ4n) is 2.10. The summed E-state index contributed by atoms with van der Waals surface area (Å²) in [5, 5.41) is 13.8. The third-order valence-electron chi connectivity index (χ3n) is 3.47. The summed E-state index contributed by atoms with van der Waals surface area (Å²) in [6.07, 6.45) is 2.21. The third kappa shape index (κ3) is 4.70. The number of thiophene rings is 1. The minimum Gasteiger partial charge on any atom is -0.481 e. The molecule has 0 aliphatic carbocycles. The summed E-state index contributed by atoms with van der Waals surface area (Å²) < 4.78 is 0. The van der Waals surface area contributed by atoms with E-state index in [0.717, 1.165) is 18.4 Å². The molecule has 1 aromatic heterocycles. The molecule has 0 aliphatic heterocycles. The van der Waals surface area contributed by atoms with Crippen molar-refractivity contribution in [2.75, 3.05) is 5.32 Å². The van der Waals surface area contributed by atoms with Crippen molar-refractivity contribution >= 4 is 28.9 Å². The summed E-state index contributed by atoms with van der Waals surface area (Å²) in [4.78, 5) is 24.1. The van der Waals surface area contributed by atoms with Crippen LogP contribution in [0.2, 0.25) is 0 Å². The molecule has 0 radical (unpaired) electrons. The van der Waals surface area contributed by atoms with Gasteiger partial charge in [-0.05, 0) is 48.9 Å². The highest BCUT2D eigenvalue weighted by molar-refractivity contribution is 7.09. The topological polar surface area (TPSA) is 66.4 Å². The van der Waals surface area contributed by atoms with E-state index >= 15 is 0 Å². The van der Waals surface area contributed by atoms with Gasteiger partial charge < -0.3 is 10.4 Å². The van der Waals surface area contributed by atoms with E-state index in [4.69, 9.17) is 5.11 Å². The van der Waals surface area contributed by atoms with Crippen molar-refractivity contribution in [3.05, 3.63) is 52.2 Å². The van der Waals surface area contributed by atoms with Crippen LogP contribution in [-0.4, -0.2) is 17.0 Å². The van der Waals surface area contributed by atoms with Crippen LogP contribution in [0.3, 0.4) is 0 Å². The van der Waals surface area contributed by atoms with Gasteiger partial charge in [-0.1, -0.05) is 18.2 Å². The molecule has 0 saturated carbocycles. The van der Waals surface area contributed by atoms with E-state index in [1.54, 1.807) is 42.5 Å². The number of aryl methyl sites for hydroxylation is 1. The van der Waals surface area contributed by atoms with E-state index in [-0.39, 0.29) is 5.91 Å². The van der Waals surface area contributed by atoms with Crippen LogP contribution >= 0.6 is 11.3 Å². The molecule has 2 aromatic rings. The first-order chi connectivity index (χ1) is 10.6. The molecule has 0 aliphatic rings. The van der Waals surface area contributed by atoms with Gasteiger partial charge in [-0.3, -0.25) is 9.59 Å². The zero-order valence-corrected chi connectivity index (χ0v) is 13.2. The normalized spacial score (nSPS) is 11.9. The number of hydrogen-bond donors (Lipinski definition) is 2. The van der Waals surface area contributed by atoms with Crippen molar-refractivity contribution in [1.29, 1.82) is 0 Å². The number of carbonyl (C=O) groups is 2. The fraction of sp³-hybridized carbons (Fsp3) is 0.294. The van der Waals surface area contributed by atoms with E-state index < -0.39 is 11.9 Å². The molecule has 1 unspecified atom stereocenters. The van der Waals surface area contributed by atoms with Crippen LogP contribution in [0.25, 0.3) is 0 Å². The molecular formula is C17H19NO3S. The summed E-state index contributed by atoms with van der Waals surface area (Å²) in [6, 6.07) is 11.0. The maximum absolute atomic E-state index is 11.9. The summed E-state index contributed by atoms with van der Waals surface area (Å²) in [5.41, 5.74) is 1.42. The third-order valence-corrected chi connectivity index (χ3v) is 4.41. The molecule has 2 rings (SSSR count). The van der Waals surface area contributed by atoms with Gasteiger partial charge in [0.25, 0.3) is 0 Å². The summed E-state index contributed by atoms with van der Waals surface area (Å²) in [5.74, 6) is -1.42. The molecular weight excluding hydrogens is 298 g/mol. The molecule has 0 saturated heterocycles. The van der Waals surface area contributed by atoms with Crippen molar-refractivity contribution in [1.82, 2.24) is 0 Å². The second kappa shape index (κ2) is 7.75. The molecule has 1 aromatic carbocycles. The molecule has 0 bridgehead atoms. The molecule has 1 atom stereocenters. The largest absolute Gasteiger partial charge is 0.481 e. The second-order valence-corrected chi connectivity index (χ2v) is 6.20. The summed E-state index contributed by atoms with van der Waals surface area (Å²) >= 11 is 1.71. The lowest BCUT2D eigenvalue weighted by Crippen LogP contribution is -2.12. The zero-order valence-electron chi connectivity index (χ0n) is 12.4. The SMILES string of the molecule is CC(C(=O)O)c1ccc(NC(=O)CCCc2cccs2)cc1. The van der Waals surface area contributed by atoms with Gasteiger partial charge in [-0.15, -0.1) is 11.3 Å². The van der Waals surface area contributed by atoms with Crippen LogP contribution in [0.5, 0.6) is 0 Å². The average molecular weight is 317 g/mol. The molecule has 22 heavy (non-hydrogen) atoms. The highest BCUT2D eigenvalue weighted by Crippen LogP contribution is 2.18. The number of anilines is 1. The van der Waals surface area contributed by atoms with Crippen LogP contribution < -0.4 is 5.32 Å². The van der Waals surface area contributed by atoms with Crippen molar-refractivity contribution in [2.45, 2.75) is 32.1 Å². The Morgan fingerprint density at radius 2 is 1.95 bits per heavy atom. The van der Waals surface area contributed by atoms with Crippen LogP contribution in [0.4, 0.5) is 5.69 Å². The number of carboxylic acid groups (broad SMARTS) is 1. The number of rotatable bonds is 7. The molecule has 5 heteroatoms. The van der Waals surface area contributed by atoms with E-state index in [1.807, 2.05) is 11.4 Å². The Balaban J connectivity index is 1.80. The Labute approximate surface area is 133 Å². The van der Waals surface area contributed by atoms with Crippen LogP contribution in [-0.2, 0) is 16.0 Å². The van der Waals surface area contributed by atoms with Gasteiger partial charge in [0, 0.05) is 17.0 Å². The lowest BCUT2D eigenvalue weighted by Gasteiger charge is -2.09. The quantitative estimate of drug-likeness (QED) is 0.814. The van der Waals surface area contributed by atoms with Crippen LogP contribution in [0.15, 0.2) is 41.8 Å². The second-order valence-electron chi connectivity index (χ2n) is 5.16. The summed E-state index contributed by atoms with van der Waals surface area (Å²) in [6.45, 7) is 1.64. The number of nitrogens with one attached hydrogen (secondary N) is 1. The van der Waals surface area contributed by atoms with Gasteiger partial charge in [0.15, 0.2) is 0 Å². The van der Waals surface area contributed by atoms with Gasteiger partial charge >= 0.3 is 5.97 Å². The van der Waals surface area contributed by atoms with Gasteiger partial charge in [-0.2, -0.15) is 0 Å². The van der Waals surface area contributed by atoms with Crippen molar-refractivity contribution in [3.8, 4) is 0 Å². The number of benzene rings is 1. The fourth-order valence-corrected chi connectivity index (χ4v) is 2.85. The van der Waals surface area contributed by atoms with Gasteiger partial charge in [-0.25, -0.2) is 0 Å². The molecule has 116 valence electrons. The average Bonchev–Trinajstić information content (AvgIpc) is 3.00. The number of carbonyl (C=O) groups excluding carboxylic acids is 1. The molecule has 1 amide bonds. The van der Waals surface area contributed by atoms with E-state index in [0.29, 0.717) is 12.1 Å². The number of aliphatic carboxylic acids is 1. The molecule has 1 heterocycles. The van der Waals surface area contributed by atoms with Crippen LogP contribution in [0.1, 0.15) is 36.1 Å². The Morgan fingerprint density at radius 1 is 1.23 bits per heavy atom. The smallest absolute Gasteiger partial charge is 0.310 e. The van der Waals surface area contributed by atoms with E-state index in [1.165, 1.54) is 4.88 Å². The first-order valence-corrected chi connectivity index (χ1v) is 8.09. The molecule has 0 spiro atoms. The zero-order chi connectivity index (χ0) is 15.9. The monoisotopic (exact) mass is 317 g/mol. The Bertz CT molecular complexity index is 620. The van der Waals surface area contributed by atoms with Crippen molar-refractivity contribution < 1.29 is 14.7 Å². The van der Waals surface area contributed by atoms with Gasteiger partial charge in [0.1, 0.15) is 0 Å². The van der Waals surface area contributed by atoms with Crippen LogP contribution in [0, 0.1) is 0 Å². The first kappa shape index (κ1) is 16.2. The predicted molar refractivity (Wildman–Crippen MR) is 88.4 cm³/mol. The Hall–Kier alpha value is -2.14. The predicted octanol–water partition coefficient (Wildman–Crippen LogP) is 3.90. The van der Waals surface area contributed by atoms with Crippen molar-refractivity contribution in [3.63, 3.8) is 0 Å². The standard InChI is InChI=1S/C17H19NO3S/c1-12(17(20)21)13-7-9-14(10-8-13)18-16(19)6-2-4-15-5-3-11-22-15/h3,5,7-12H,2,4,6H2,1H3,(H,18,19)(H,20,21). The number of amides is 1. The highest BCUT2D eigenvalue weighted by atomic mass is 32.1.